The Morgan fingerprint density at radius 1 is 1.33 bits per heavy atom. The van der Waals surface area contributed by atoms with Crippen LogP contribution >= 0.6 is 0 Å². The van der Waals surface area contributed by atoms with Crippen molar-refractivity contribution in [1.29, 1.82) is 0 Å². The molecule has 0 aliphatic rings. The Morgan fingerprint density at radius 2 is 1.80 bits per heavy atom. The summed E-state index contributed by atoms with van der Waals surface area (Å²) in [6.45, 7) is 6.97. The van der Waals surface area contributed by atoms with Gasteiger partial charge in [-0.3, -0.25) is 4.79 Å². The maximum atomic E-state index is 11.1. The van der Waals surface area contributed by atoms with Crippen molar-refractivity contribution in [3.63, 3.8) is 0 Å². The first-order valence-corrected chi connectivity index (χ1v) is 4.90. The third-order valence-corrected chi connectivity index (χ3v) is 2.42. The van der Waals surface area contributed by atoms with E-state index < -0.39 is 0 Å². The second kappa shape index (κ2) is 5.56. The monoisotopic (exact) mass is 212 g/mol. The number of hydrogen-bond donors (Lipinski definition) is 3. The van der Waals surface area contributed by atoms with Gasteiger partial charge in [-0.05, 0) is 37.5 Å². The molecule has 0 spiro atoms. The van der Waals surface area contributed by atoms with Crippen LogP contribution in [0.15, 0.2) is 22.6 Å². The summed E-state index contributed by atoms with van der Waals surface area (Å²) in [7, 11) is 0. The van der Waals surface area contributed by atoms with Gasteiger partial charge in [0.1, 0.15) is 0 Å². The third-order valence-electron chi connectivity index (χ3n) is 2.42. The Hall–Kier alpha value is -1.29. The third kappa shape index (κ3) is 3.40. The van der Waals surface area contributed by atoms with E-state index in [-0.39, 0.29) is 23.2 Å². The molecule has 0 bridgehead atoms. The van der Waals surface area contributed by atoms with E-state index in [0.717, 1.165) is 0 Å². The van der Waals surface area contributed by atoms with Crippen molar-refractivity contribution in [3.8, 4) is 0 Å². The minimum atomic E-state index is -0.199. The first-order chi connectivity index (χ1) is 6.82. The Balaban J connectivity index is 5.42. The molecule has 1 atom stereocenters. The maximum absolute atomic E-state index is 11.1. The molecule has 0 aliphatic heterocycles. The molecule has 0 saturated carbocycles. The Morgan fingerprint density at radius 3 is 2.07 bits per heavy atom. The summed E-state index contributed by atoms with van der Waals surface area (Å²) in [5, 5.41) is 9.54. The Bertz CT molecular complexity index is 313. The topological polar surface area (TPSA) is 89.3 Å². The average molecular weight is 212 g/mol. The number of rotatable bonds is 4. The van der Waals surface area contributed by atoms with Crippen molar-refractivity contribution in [3.05, 3.63) is 22.6 Å². The zero-order valence-electron chi connectivity index (χ0n) is 9.79. The number of allylic oxidation sites excluding steroid dienone is 3. The van der Waals surface area contributed by atoms with E-state index in [9.17, 15) is 9.90 Å². The van der Waals surface area contributed by atoms with E-state index >= 15 is 0 Å². The van der Waals surface area contributed by atoms with Crippen molar-refractivity contribution in [2.24, 2.45) is 17.4 Å². The highest BCUT2D eigenvalue weighted by Crippen LogP contribution is 2.23. The van der Waals surface area contributed by atoms with Gasteiger partial charge in [0, 0.05) is 6.92 Å². The van der Waals surface area contributed by atoms with Gasteiger partial charge in [0.25, 0.3) is 0 Å². The van der Waals surface area contributed by atoms with Gasteiger partial charge in [0.15, 0.2) is 5.78 Å². The standard InChI is InChI=1S/C11H20N2O2/c1-6(5-12)10(8(3)14)7(2)11(13)9(4)15/h6,14H,5,12-13H2,1-4H3/t6-/m0/s1. The lowest BCUT2D eigenvalue weighted by molar-refractivity contribution is -0.113. The molecule has 0 saturated heterocycles. The molecule has 0 heterocycles. The highest BCUT2D eigenvalue weighted by molar-refractivity contribution is 5.93. The van der Waals surface area contributed by atoms with Gasteiger partial charge in [0.05, 0.1) is 11.5 Å². The molecular formula is C11H20N2O2. The van der Waals surface area contributed by atoms with Crippen molar-refractivity contribution in [2.75, 3.05) is 6.54 Å². The molecule has 4 nitrogen and oxygen atoms in total. The number of hydrogen-bond acceptors (Lipinski definition) is 4. The molecule has 0 fully saturated rings. The predicted molar refractivity (Wildman–Crippen MR) is 61.1 cm³/mol. The summed E-state index contributed by atoms with van der Waals surface area (Å²) in [4.78, 5) is 11.1. The van der Waals surface area contributed by atoms with Crippen LogP contribution in [0.5, 0.6) is 0 Å². The highest BCUT2D eigenvalue weighted by Gasteiger charge is 2.16. The first kappa shape index (κ1) is 13.7. The highest BCUT2D eigenvalue weighted by atomic mass is 16.3. The number of nitrogens with two attached hydrogens (primary N) is 2. The summed E-state index contributed by atoms with van der Waals surface area (Å²) in [6.07, 6.45) is 0. The number of ketones is 1. The van der Waals surface area contributed by atoms with Crippen molar-refractivity contribution < 1.29 is 9.90 Å². The molecule has 86 valence electrons. The summed E-state index contributed by atoms with van der Waals surface area (Å²) in [5.74, 6) is -0.0574. The van der Waals surface area contributed by atoms with E-state index in [2.05, 4.69) is 0 Å². The van der Waals surface area contributed by atoms with E-state index in [1.54, 1.807) is 13.8 Å². The molecule has 0 aromatic carbocycles. The number of carbonyl (C=O) groups is 1. The molecule has 0 aromatic rings. The van der Waals surface area contributed by atoms with Crippen molar-refractivity contribution in [2.45, 2.75) is 27.7 Å². The molecule has 4 heteroatoms. The van der Waals surface area contributed by atoms with E-state index in [1.807, 2.05) is 6.92 Å². The summed E-state index contributed by atoms with van der Waals surface area (Å²) in [5.41, 5.74) is 12.6. The summed E-state index contributed by atoms with van der Waals surface area (Å²) < 4.78 is 0. The van der Waals surface area contributed by atoms with Gasteiger partial charge < -0.3 is 16.6 Å². The van der Waals surface area contributed by atoms with Crippen LogP contribution in [0.4, 0.5) is 0 Å². The Kier molecular flexibility index (Phi) is 5.08. The molecule has 0 unspecified atom stereocenters. The number of Topliss-reactive ketones (excluding diaryl/α,β-unsaturated/α-hetero) is 1. The van der Waals surface area contributed by atoms with Crippen LogP contribution in [0.25, 0.3) is 0 Å². The largest absolute Gasteiger partial charge is 0.512 e. The van der Waals surface area contributed by atoms with Gasteiger partial charge in [-0.2, -0.15) is 0 Å². The van der Waals surface area contributed by atoms with Crippen LogP contribution < -0.4 is 11.5 Å². The van der Waals surface area contributed by atoms with Crippen LogP contribution in [-0.2, 0) is 4.79 Å². The van der Waals surface area contributed by atoms with Gasteiger partial charge in [0.2, 0.25) is 0 Å². The fourth-order valence-electron chi connectivity index (χ4n) is 1.52. The van der Waals surface area contributed by atoms with Crippen LogP contribution in [0.3, 0.4) is 0 Å². The molecule has 0 rings (SSSR count). The summed E-state index contributed by atoms with van der Waals surface area (Å²) >= 11 is 0. The van der Waals surface area contributed by atoms with Crippen LogP contribution in [0.2, 0.25) is 0 Å². The second-order valence-corrected chi connectivity index (χ2v) is 3.73. The number of aliphatic hydroxyl groups excluding tert-OH is 1. The fraction of sp³-hybridized carbons (Fsp3) is 0.545. The average Bonchev–Trinajstić information content (AvgIpc) is 2.15. The lowest BCUT2D eigenvalue weighted by atomic mass is 9.91. The normalized spacial score (nSPS) is 16.6. The molecule has 0 aliphatic carbocycles. The van der Waals surface area contributed by atoms with Crippen LogP contribution in [0, 0.1) is 5.92 Å². The SMILES string of the molecule is CC(=O)C(N)=C(C)C(=C(C)O)[C@@H](C)CN. The lowest BCUT2D eigenvalue weighted by Crippen LogP contribution is -2.19. The van der Waals surface area contributed by atoms with Crippen molar-refractivity contribution in [1.82, 2.24) is 0 Å². The molecule has 0 radical (unpaired) electrons. The first-order valence-electron chi connectivity index (χ1n) is 4.90. The van der Waals surface area contributed by atoms with Crippen molar-refractivity contribution >= 4 is 5.78 Å². The van der Waals surface area contributed by atoms with Gasteiger partial charge in [-0.25, -0.2) is 0 Å². The molecule has 0 amide bonds. The van der Waals surface area contributed by atoms with Crippen LogP contribution in [0.1, 0.15) is 27.7 Å². The van der Waals surface area contributed by atoms with Gasteiger partial charge in [-0.15, -0.1) is 0 Å². The van der Waals surface area contributed by atoms with Gasteiger partial charge >= 0.3 is 0 Å². The minimum Gasteiger partial charge on any atom is -0.512 e. The maximum Gasteiger partial charge on any atom is 0.175 e. The number of carbonyl (C=O) groups excluding carboxylic acids is 1. The van der Waals surface area contributed by atoms with E-state index in [0.29, 0.717) is 17.7 Å². The summed E-state index contributed by atoms with van der Waals surface area (Å²) in [6, 6.07) is 0. The fourth-order valence-corrected chi connectivity index (χ4v) is 1.52. The molecular weight excluding hydrogens is 192 g/mol. The van der Waals surface area contributed by atoms with Crippen LogP contribution in [-0.4, -0.2) is 17.4 Å². The smallest absolute Gasteiger partial charge is 0.175 e. The zero-order valence-corrected chi connectivity index (χ0v) is 9.79. The second-order valence-electron chi connectivity index (χ2n) is 3.73. The molecule has 0 aromatic heterocycles. The minimum absolute atomic E-state index is 0.0205. The number of aliphatic hydroxyl groups is 1. The van der Waals surface area contributed by atoms with E-state index in [1.165, 1.54) is 6.92 Å². The molecule has 15 heavy (non-hydrogen) atoms. The van der Waals surface area contributed by atoms with E-state index in [4.69, 9.17) is 11.5 Å². The van der Waals surface area contributed by atoms with Gasteiger partial charge in [-0.1, -0.05) is 6.92 Å². The quantitative estimate of drug-likeness (QED) is 0.371. The Labute approximate surface area is 90.6 Å². The molecule has 5 N–H and O–H groups in total. The lowest BCUT2D eigenvalue weighted by Gasteiger charge is -2.17. The zero-order chi connectivity index (χ0) is 12.2. The predicted octanol–water partition coefficient (Wildman–Crippen LogP) is 1.23.